The van der Waals surface area contributed by atoms with Crippen molar-refractivity contribution < 1.29 is 4.42 Å². The normalized spacial score (nSPS) is 11.9. The maximum atomic E-state index is 7.26. The van der Waals surface area contributed by atoms with Crippen molar-refractivity contribution in [3.8, 4) is 50.2 Å². The molecule has 0 aliphatic rings. The van der Waals surface area contributed by atoms with Gasteiger partial charge in [0.25, 0.3) is 0 Å². The number of thiophene rings is 1. The molecule has 0 N–H and O–H groups in total. The van der Waals surface area contributed by atoms with Gasteiger partial charge in [0.15, 0.2) is 5.58 Å². The van der Waals surface area contributed by atoms with E-state index in [-0.39, 0.29) is 0 Å². The predicted octanol–water partition coefficient (Wildman–Crippen LogP) is 15.7. The van der Waals surface area contributed by atoms with Crippen LogP contribution < -0.4 is 0 Å². The Bertz CT molecular complexity index is 3400. The molecule has 0 radical (unpaired) electrons. The van der Waals surface area contributed by atoms with Gasteiger partial charge in [0, 0.05) is 47.3 Å². The highest BCUT2D eigenvalue weighted by atomic mass is 32.1. The third-order valence-electron chi connectivity index (χ3n) is 11.6. The third kappa shape index (κ3) is 5.03. The van der Waals surface area contributed by atoms with E-state index in [1.54, 1.807) is 0 Å². The van der Waals surface area contributed by atoms with Gasteiger partial charge in [-0.15, -0.1) is 11.3 Å². The van der Waals surface area contributed by atoms with Crippen LogP contribution in [0.15, 0.2) is 205 Å². The number of rotatable bonds is 5. The molecule has 0 bridgehead atoms. The number of hydrogen-bond acceptors (Lipinski definition) is 2. The molecule has 12 aromatic rings. The smallest absolute Gasteiger partial charge is 0.159 e. The zero-order valence-corrected chi connectivity index (χ0v) is 31.6. The Hall–Kier alpha value is -7.20. The summed E-state index contributed by atoms with van der Waals surface area (Å²) >= 11 is 1.86. The number of para-hydroxylation sites is 1. The lowest BCUT2D eigenvalue weighted by Gasteiger charge is -2.10. The van der Waals surface area contributed by atoms with Crippen molar-refractivity contribution >= 4 is 75.3 Å². The van der Waals surface area contributed by atoms with Crippen molar-refractivity contribution in [2.75, 3.05) is 0 Å². The quantitative estimate of drug-likeness (QED) is 0.172. The molecule has 0 aliphatic carbocycles. The molecule has 0 amide bonds. The largest absolute Gasteiger partial charge is 0.453 e. The summed E-state index contributed by atoms with van der Waals surface area (Å²) in [4.78, 5) is 0. The molecule has 266 valence electrons. The summed E-state index contributed by atoms with van der Waals surface area (Å²) in [7, 11) is 0. The average molecular weight is 744 g/mol. The highest BCUT2D eigenvalue weighted by Crippen LogP contribution is 2.46. The van der Waals surface area contributed by atoms with Crippen LogP contribution in [0.5, 0.6) is 0 Å². The average Bonchev–Trinajstić information content (AvgIpc) is 3.96. The van der Waals surface area contributed by atoms with Crippen LogP contribution in [-0.2, 0) is 0 Å². The van der Waals surface area contributed by atoms with Crippen molar-refractivity contribution in [3.63, 3.8) is 0 Å². The van der Waals surface area contributed by atoms with E-state index in [2.05, 4.69) is 205 Å². The van der Waals surface area contributed by atoms with Gasteiger partial charge in [0.2, 0.25) is 0 Å². The second-order valence-corrected chi connectivity index (χ2v) is 15.9. The van der Waals surface area contributed by atoms with Gasteiger partial charge in [-0.1, -0.05) is 152 Å². The zero-order chi connectivity index (χ0) is 37.5. The second-order valence-electron chi connectivity index (χ2n) is 14.8. The molecule has 2 nitrogen and oxygen atoms in total. The Labute approximate surface area is 333 Å². The fourth-order valence-corrected chi connectivity index (χ4v) is 10.1. The molecule has 3 aromatic heterocycles. The van der Waals surface area contributed by atoms with Crippen LogP contribution in [0.2, 0.25) is 0 Å². The first-order chi connectivity index (χ1) is 28.3. The number of nitrogens with zero attached hydrogens (tertiary/aromatic N) is 1. The summed E-state index contributed by atoms with van der Waals surface area (Å²) < 4.78 is 12.3. The molecular weight excluding hydrogens is 711 g/mol. The Kier molecular flexibility index (Phi) is 7.13. The molecule has 0 atom stereocenters. The zero-order valence-electron chi connectivity index (χ0n) is 30.8. The molecule has 9 aromatic carbocycles. The summed E-state index contributed by atoms with van der Waals surface area (Å²) in [6.07, 6.45) is 0. The highest BCUT2D eigenvalue weighted by Gasteiger charge is 2.23. The molecule has 3 heterocycles. The first kappa shape index (κ1) is 32.1. The fourth-order valence-electron chi connectivity index (χ4n) is 8.95. The summed E-state index contributed by atoms with van der Waals surface area (Å²) in [5, 5.41) is 7.26. The summed E-state index contributed by atoms with van der Waals surface area (Å²) in [6, 6.07) is 72.5. The van der Waals surface area contributed by atoms with E-state index < -0.39 is 0 Å². The number of hydrogen-bond donors (Lipinski definition) is 0. The van der Waals surface area contributed by atoms with Gasteiger partial charge < -0.3 is 8.98 Å². The third-order valence-corrected chi connectivity index (χ3v) is 12.8. The van der Waals surface area contributed by atoms with Crippen LogP contribution in [0.25, 0.3) is 114 Å². The second kappa shape index (κ2) is 12.7. The van der Waals surface area contributed by atoms with Crippen molar-refractivity contribution in [3.05, 3.63) is 200 Å². The Morgan fingerprint density at radius 2 is 0.895 bits per heavy atom. The van der Waals surface area contributed by atoms with Crippen molar-refractivity contribution in [2.45, 2.75) is 0 Å². The molecule has 0 unspecified atom stereocenters. The number of aromatic nitrogens is 1. The fraction of sp³-hybridized carbons (Fsp3) is 0. The van der Waals surface area contributed by atoms with E-state index >= 15 is 0 Å². The van der Waals surface area contributed by atoms with Crippen molar-refractivity contribution in [1.82, 2.24) is 4.57 Å². The van der Waals surface area contributed by atoms with E-state index in [0.717, 1.165) is 49.8 Å². The Morgan fingerprint density at radius 1 is 0.333 bits per heavy atom. The molecule has 0 spiro atoms. The first-order valence-corrected chi connectivity index (χ1v) is 20.2. The minimum absolute atomic E-state index is 0.873. The van der Waals surface area contributed by atoms with Crippen LogP contribution in [0.4, 0.5) is 0 Å². The van der Waals surface area contributed by atoms with Gasteiger partial charge in [0.05, 0.1) is 16.7 Å². The predicted molar refractivity (Wildman–Crippen MR) is 243 cm³/mol. The Morgan fingerprint density at radius 3 is 1.58 bits per heavy atom. The van der Waals surface area contributed by atoms with Gasteiger partial charge in [-0.3, -0.25) is 0 Å². The van der Waals surface area contributed by atoms with Crippen LogP contribution >= 0.6 is 11.3 Å². The first-order valence-electron chi connectivity index (χ1n) is 19.4. The molecule has 12 rings (SSSR count). The maximum Gasteiger partial charge on any atom is 0.159 e. The number of fused-ring (bicyclic) bond motifs is 9. The SMILES string of the molecule is c1ccc(-c2ccc3c(c2)c2cc(-c4ccccc4)ccc2n3-c2cccc3c2oc2c(-c4ccccc4)ccc(-c4ccc5c(c4)sc4ccccc45)c23)cc1. The number of benzene rings is 9. The lowest BCUT2D eigenvalue weighted by Crippen LogP contribution is -1.94. The molecule has 0 saturated carbocycles. The van der Waals surface area contributed by atoms with E-state index in [9.17, 15) is 0 Å². The minimum atomic E-state index is 0.873. The summed E-state index contributed by atoms with van der Waals surface area (Å²) in [5.74, 6) is 0. The lowest BCUT2D eigenvalue weighted by molar-refractivity contribution is 0.667. The van der Waals surface area contributed by atoms with E-state index in [1.807, 2.05) is 11.3 Å². The van der Waals surface area contributed by atoms with Crippen LogP contribution in [0.1, 0.15) is 0 Å². The monoisotopic (exact) mass is 743 g/mol. The standard InChI is InChI=1S/C54H33NOS/c1-4-13-34(14-5-1)37-24-29-47-45(31-37)46-32-38(35-15-6-2-7-16-35)25-30-48(46)55(47)49-21-12-20-44-52-40(27-28-41(54(52)56-53(44)49)36-17-8-3-9-18-36)39-23-26-43-42-19-10-11-22-50(42)57-51(43)33-39/h1-33H. The van der Waals surface area contributed by atoms with Gasteiger partial charge in [-0.05, 0) is 87.5 Å². The maximum absolute atomic E-state index is 7.26. The number of furan rings is 1. The molecule has 3 heteroatoms. The van der Waals surface area contributed by atoms with Crippen LogP contribution in [-0.4, -0.2) is 4.57 Å². The van der Waals surface area contributed by atoms with Crippen LogP contribution in [0.3, 0.4) is 0 Å². The van der Waals surface area contributed by atoms with Gasteiger partial charge in [0.1, 0.15) is 5.58 Å². The highest BCUT2D eigenvalue weighted by molar-refractivity contribution is 7.25. The minimum Gasteiger partial charge on any atom is -0.453 e. The molecule has 0 aliphatic heterocycles. The van der Waals surface area contributed by atoms with E-state index in [0.29, 0.717) is 0 Å². The van der Waals surface area contributed by atoms with Crippen molar-refractivity contribution in [1.29, 1.82) is 0 Å². The molecule has 57 heavy (non-hydrogen) atoms. The van der Waals surface area contributed by atoms with E-state index in [1.165, 1.54) is 64.3 Å². The van der Waals surface area contributed by atoms with Gasteiger partial charge in [-0.25, -0.2) is 0 Å². The molecule has 0 saturated heterocycles. The van der Waals surface area contributed by atoms with Gasteiger partial charge >= 0.3 is 0 Å². The molecular formula is C54H33NOS. The lowest BCUT2D eigenvalue weighted by atomic mass is 9.94. The van der Waals surface area contributed by atoms with E-state index in [4.69, 9.17) is 4.42 Å². The topological polar surface area (TPSA) is 18.1 Å². The Balaban J connectivity index is 1.14. The van der Waals surface area contributed by atoms with Crippen LogP contribution in [0, 0.1) is 0 Å². The van der Waals surface area contributed by atoms with Crippen molar-refractivity contribution in [2.24, 2.45) is 0 Å². The molecule has 0 fully saturated rings. The van der Waals surface area contributed by atoms with Gasteiger partial charge in [-0.2, -0.15) is 0 Å². The summed E-state index contributed by atoms with van der Waals surface area (Å²) in [6.45, 7) is 0. The summed E-state index contributed by atoms with van der Waals surface area (Å²) in [5.41, 5.74) is 14.4.